The average molecular weight is 640 g/mol. The number of halogens is 1. The average Bonchev–Trinajstić information content (AvgIpc) is 3.38. The Morgan fingerprint density at radius 3 is 2.39 bits per heavy atom. The first kappa shape index (κ1) is 34.9. The van der Waals surface area contributed by atoms with Gasteiger partial charge in [0.05, 0.1) is 10.2 Å². The molecule has 4 aromatic rings. The number of rotatable bonds is 5. The van der Waals surface area contributed by atoms with Crippen molar-refractivity contribution in [1.82, 2.24) is 20.6 Å². The second-order valence-electron chi connectivity index (χ2n) is 10.8. The number of carbonyl (C=O) groups excluding carboxylic acids is 1. The zero-order valence-electron chi connectivity index (χ0n) is 25.3. The lowest BCUT2D eigenvalue weighted by molar-refractivity contribution is -0.137. The van der Waals surface area contributed by atoms with Gasteiger partial charge in [-0.2, -0.15) is 0 Å². The van der Waals surface area contributed by atoms with E-state index >= 15 is 0 Å². The molecule has 4 heterocycles. The zero-order chi connectivity index (χ0) is 31.7. The number of anilines is 1. The number of nitrogens with zero attached hydrogens (tertiary/aromatic N) is 2. The Morgan fingerprint density at radius 1 is 1.07 bits per heavy atom. The summed E-state index contributed by atoms with van der Waals surface area (Å²) in [6.45, 7) is 6.24. The number of urea groups is 1. The number of carboxylic acid groups (broad SMARTS) is 1. The summed E-state index contributed by atoms with van der Waals surface area (Å²) >= 11 is 5.70. The molecule has 1 saturated carbocycles. The maximum absolute atomic E-state index is 13.1. The van der Waals surface area contributed by atoms with Crippen molar-refractivity contribution in [2.45, 2.75) is 69.7 Å². The van der Waals surface area contributed by atoms with Crippen LogP contribution in [0.15, 0.2) is 72.0 Å². The molecule has 236 valence electrons. The van der Waals surface area contributed by atoms with Gasteiger partial charge in [0, 0.05) is 46.5 Å². The molecule has 44 heavy (non-hydrogen) atoms. The van der Waals surface area contributed by atoms with E-state index in [2.05, 4.69) is 57.6 Å². The van der Waals surface area contributed by atoms with Gasteiger partial charge in [-0.3, -0.25) is 14.8 Å². The van der Waals surface area contributed by atoms with Crippen molar-refractivity contribution in [2.24, 2.45) is 5.92 Å². The molecule has 3 aromatic heterocycles. The molecule has 1 saturated heterocycles. The normalized spacial score (nSPS) is 14.4. The second-order valence-corrected chi connectivity index (χ2v) is 12.6. The van der Waals surface area contributed by atoms with Gasteiger partial charge in [0.15, 0.2) is 0 Å². The molecule has 0 atom stereocenters. The van der Waals surface area contributed by atoms with Gasteiger partial charge in [-0.15, -0.1) is 24.0 Å². The van der Waals surface area contributed by atoms with Gasteiger partial charge in [0.25, 0.3) is 0 Å². The first-order valence-electron chi connectivity index (χ1n) is 14.9. The summed E-state index contributed by atoms with van der Waals surface area (Å²) in [7, 11) is 0. The van der Waals surface area contributed by atoms with Crippen LogP contribution in [0.2, 0.25) is 0 Å². The number of aliphatic carboxylic acids is 1. The quantitative estimate of drug-likeness (QED) is 0.143. The Kier molecular flexibility index (Phi) is 15.1. The number of hydrogen-bond donors (Lipinski definition) is 5. The summed E-state index contributed by atoms with van der Waals surface area (Å²) in [5, 5.41) is 17.1. The third kappa shape index (κ3) is 13.4. The van der Waals surface area contributed by atoms with Crippen LogP contribution < -0.4 is 16.0 Å². The van der Waals surface area contributed by atoms with Crippen LogP contribution in [0, 0.1) is 25.6 Å². The van der Waals surface area contributed by atoms with Gasteiger partial charge >= 0.3 is 12.0 Å². The number of aryl methyl sites for hydroxylation is 2. The number of benzene rings is 1. The Labute approximate surface area is 268 Å². The van der Waals surface area contributed by atoms with E-state index in [0.717, 1.165) is 57.1 Å². The van der Waals surface area contributed by atoms with E-state index in [1.807, 2.05) is 37.5 Å². The van der Waals surface area contributed by atoms with Gasteiger partial charge in [-0.1, -0.05) is 6.07 Å². The largest absolute Gasteiger partial charge is 0.481 e. The second kappa shape index (κ2) is 19.0. The molecule has 0 unspecified atom stereocenters. The van der Waals surface area contributed by atoms with E-state index < -0.39 is 11.8 Å². The highest BCUT2D eigenvalue weighted by molar-refractivity contribution is 7.80. The molecular formula is C33H42FN5O3S2. The fraction of sp³-hybridized carbons (Fsp3) is 0.394. The third-order valence-corrected chi connectivity index (χ3v) is 8.46. The van der Waals surface area contributed by atoms with E-state index in [4.69, 9.17) is 5.11 Å². The molecule has 4 N–H and O–H groups in total. The molecule has 0 bridgehead atoms. The highest BCUT2D eigenvalue weighted by atomic mass is 32.1. The molecule has 1 aliphatic carbocycles. The van der Waals surface area contributed by atoms with Crippen LogP contribution in [-0.4, -0.2) is 46.2 Å². The van der Waals surface area contributed by atoms with Gasteiger partial charge in [0.2, 0.25) is 0 Å². The van der Waals surface area contributed by atoms with Gasteiger partial charge in [-0.25, -0.2) is 9.18 Å². The number of fused-ring (bicyclic) bond motifs is 1. The van der Waals surface area contributed by atoms with E-state index in [1.54, 1.807) is 23.6 Å². The number of piperidine rings is 1. The molecule has 2 aliphatic rings. The van der Waals surface area contributed by atoms with Gasteiger partial charge < -0.3 is 21.1 Å². The summed E-state index contributed by atoms with van der Waals surface area (Å²) in [6.07, 6.45) is 12.1. The zero-order valence-corrected chi connectivity index (χ0v) is 27.0. The van der Waals surface area contributed by atoms with Crippen LogP contribution >= 0.6 is 24.0 Å². The van der Waals surface area contributed by atoms with Crippen molar-refractivity contribution in [3.8, 4) is 0 Å². The van der Waals surface area contributed by atoms with Crippen LogP contribution in [0.25, 0.3) is 10.2 Å². The van der Waals surface area contributed by atoms with E-state index in [0.29, 0.717) is 18.0 Å². The number of thiol groups is 1. The first-order chi connectivity index (χ1) is 21.2. The van der Waals surface area contributed by atoms with Crippen LogP contribution in [0.1, 0.15) is 55.4 Å². The molecule has 1 aromatic carbocycles. The Hall–Kier alpha value is -3.54. The van der Waals surface area contributed by atoms with Gasteiger partial charge in [0.1, 0.15) is 5.82 Å². The van der Waals surface area contributed by atoms with Crippen molar-refractivity contribution < 1.29 is 19.1 Å². The lowest BCUT2D eigenvalue weighted by Crippen LogP contribution is -2.41. The number of aromatic nitrogens is 2. The summed E-state index contributed by atoms with van der Waals surface area (Å²) in [4.78, 5) is 31.4. The van der Waals surface area contributed by atoms with Crippen LogP contribution in [0.4, 0.5) is 14.9 Å². The van der Waals surface area contributed by atoms with Crippen molar-refractivity contribution in [2.75, 3.05) is 18.4 Å². The predicted octanol–water partition coefficient (Wildman–Crippen LogP) is 7.63. The van der Waals surface area contributed by atoms with Gasteiger partial charge in [-0.05, 0) is 119 Å². The van der Waals surface area contributed by atoms with E-state index in [1.165, 1.54) is 27.3 Å². The minimum Gasteiger partial charge on any atom is -0.481 e. The van der Waals surface area contributed by atoms with Crippen molar-refractivity contribution in [3.05, 3.63) is 83.4 Å². The summed E-state index contributed by atoms with van der Waals surface area (Å²) in [5.74, 6) is -0.458. The number of thiophene rings is 1. The summed E-state index contributed by atoms with van der Waals surface area (Å²) in [6, 6.07) is 14.5. The highest BCUT2D eigenvalue weighted by Gasteiger charge is 2.19. The fourth-order valence-electron chi connectivity index (χ4n) is 4.43. The molecule has 8 nitrogen and oxygen atoms in total. The standard InChI is InChI=1S/C11H13FN2OS.C8H15NO2.C8H7NS.C6H7N/c12-9-6-8(4-5-10(9)16)14-11(15)13-7-2-1-3-7;10-8(11)2-1-7-3-5-9-6-4-7;1-6-5-7-8(10-6)3-2-4-9-7;1-6-3-2-4-7-5-6/h4-7,16H,1-3H2,(H2,13,14,15);7,9H,1-6H2,(H,10,11);2-5H,1H3;2-5H,1H3. The SMILES string of the molecule is Cc1cc2ncccc2s1.Cc1cccnc1.O=C(Nc1ccc(S)c(F)c1)NC1CCC1.O=C(O)CCC1CCNCC1. The number of hydrogen-bond acceptors (Lipinski definition) is 7. The molecule has 2 fully saturated rings. The lowest BCUT2D eigenvalue weighted by atomic mass is 9.93. The van der Waals surface area contributed by atoms with Crippen molar-refractivity contribution in [1.29, 1.82) is 0 Å². The molecule has 11 heteroatoms. The van der Waals surface area contributed by atoms with Crippen LogP contribution in [0.5, 0.6) is 0 Å². The molecule has 1 aliphatic heterocycles. The van der Waals surface area contributed by atoms with Crippen molar-refractivity contribution >= 4 is 51.9 Å². The number of nitrogens with one attached hydrogen (secondary N) is 3. The smallest absolute Gasteiger partial charge is 0.319 e. The summed E-state index contributed by atoms with van der Waals surface area (Å²) in [5.41, 5.74) is 2.76. The minimum absolute atomic E-state index is 0.268. The number of amides is 2. The van der Waals surface area contributed by atoms with Crippen LogP contribution in [-0.2, 0) is 4.79 Å². The number of carbonyl (C=O) groups is 2. The van der Waals surface area contributed by atoms with E-state index in [-0.39, 0.29) is 17.0 Å². The number of carboxylic acids is 1. The Bertz CT molecular complexity index is 1410. The maximum atomic E-state index is 13.1. The Balaban J connectivity index is 0.000000167. The van der Waals surface area contributed by atoms with Crippen LogP contribution in [0.3, 0.4) is 0 Å². The summed E-state index contributed by atoms with van der Waals surface area (Å²) < 4.78 is 14.4. The number of pyridine rings is 2. The predicted molar refractivity (Wildman–Crippen MR) is 179 cm³/mol. The molecule has 6 rings (SSSR count). The monoisotopic (exact) mass is 639 g/mol. The Morgan fingerprint density at radius 2 is 1.82 bits per heavy atom. The van der Waals surface area contributed by atoms with E-state index in [9.17, 15) is 14.0 Å². The molecule has 2 amide bonds. The van der Waals surface area contributed by atoms with Crippen molar-refractivity contribution in [3.63, 3.8) is 0 Å². The molecular weight excluding hydrogens is 598 g/mol. The molecule has 0 spiro atoms. The topological polar surface area (TPSA) is 116 Å². The third-order valence-electron chi connectivity index (χ3n) is 7.09. The fourth-order valence-corrected chi connectivity index (χ4v) is 5.45. The lowest BCUT2D eigenvalue weighted by Gasteiger charge is -2.26. The maximum Gasteiger partial charge on any atom is 0.319 e. The molecule has 0 radical (unpaired) electrons. The first-order valence-corrected chi connectivity index (χ1v) is 16.1. The highest BCUT2D eigenvalue weighted by Crippen LogP contribution is 2.22. The minimum atomic E-state index is -0.663.